The van der Waals surface area contributed by atoms with E-state index in [-0.39, 0.29) is 10.8 Å². The Hall–Kier alpha value is -1.64. The molecule has 0 spiro atoms. The van der Waals surface area contributed by atoms with E-state index in [2.05, 4.69) is 14.8 Å². The number of rotatable bonds is 4. The molecule has 2 aliphatic heterocycles. The minimum Gasteiger partial charge on any atom is -0.492 e. The zero-order valence-electron chi connectivity index (χ0n) is 14.7. The maximum Gasteiger partial charge on any atom is 0.244 e. The quantitative estimate of drug-likeness (QED) is 0.858. The molecule has 2 aromatic rings. The van der Waals surface area contributed by atoms with Gasteiger partial charge in [0.15, 0.2) is 5.82 Å². The first-order chi connectivity index (χ1) is 12.3. The molecule has 0 aliphatic carbocycles. The first kappa shape index (κ1) is 17.8. The van der Waals surface area contributed by atoms with Crippen molar-refractivity contribution >= 4 is 21.6 Å². The number of fused-ring (bicyclic) bond motifs is 2. The predicted octanol–water partition coefficient (Wildman–Crippen LogP) is 2.80. The van der Waals surface area contributed by atoms with E-state index in [1.165, 1.54) is 6.07 Å². The molecule has 1 aromatic heterocycles. The fraction of sp³-hybridized carbons (Fsp3) is 0.529. The van der Waals surface area contributed by atoms with Crippen molar-refractivity contribution in [2.24, 2.45) is 0 Å². The fourth-order valence-electron chi connectivity index (χ4n) is 3.41. The van der Waals surface area contributed by atoms with Crippen LogP contribution >= 0.6 is 11.6 Å². The first-order valence-electron chi connectivity index (χ1n) is 8.77. The highest BCUT2D eigenvalue weighted by Gasteiger charge is 2.32. The SMILES string of the molecule is CC(C)c1nc2n(n1)CCCC2NS(=O)(=O)c1cc(Cl)cc2c1OCC2. The van der Waals surface area contributed by atoms with Crippen molar-refractivity contribution in [1.29, 1.82) is 0 Å². The molecule has 140 valence electrons. The van der Waals surface area contributed by atoms with Gasteiger partial charge in [0.25, 0.3) is 0 Å². The summed E-state index contributed by atoms with van der Waals surface area (Å²) in [6, 6.07) is 2.79. The molecular weight excluding hydrogens is 376 g/mol. The lowest BCUT2D eigenvalue weighted by Crippen LogP contribution is -2.33. The van der Waals surface area contributed by atoms with Crippen molar-refractivity contribution in [3.63, 3.8) is 0 Å². The average Bonchev–Trinajstić information content (AvgIpc) is 3.20. The molecule has 0 fully saturated rings. The van der Waals surface area contributed by atoms with E-state index >= 15 is 0 Å². The number of sulfonamides is 1. The average molecular weight is 397 g/mol. The van der Waals surface area contributed by atoms with Gasteiger partial charge in [-0.3, -0.25) is 0 Å². The normalized spacial score (nSPS) is 19.3. The van der Waals surface area contributed by atoms with Gasteiger partial charge in [0.1, 0.15) is 16.5 Å². The number of nitrogens with one attached hydrogen (secondary N) is 1. The molecule has 9 heteroatoms. The molecule has 1 atom stereocenters. The third kappa shape index (κ3) is 3.10. The van der Waals surface area contributed by atoms with Gasteiger partial charge in [-0.25, -0.2) is 22.8 Å². The van der Waals surface area contributed by atoms with Crippen LogP contribution in [0.2, 0.25) is 5.02 Å². The molecule has 2 aliphatic rings. The summed E-state index contributed by atoms with van der Waals surface area (Å²) in [5, 5.41) is 4.89. The molecule has 1 N–H and O–H groups in total. The van der Waals surface area contributed by atoms with Crippen LogP contribution in [-0.2, 0) is 23.0 Å². The van der Waals surface area contributed by atoms with Gasteiger partial charge in [0, 0.05) is 29.5 Å². The zero-order valence-corrected chi connectivity index (χ0v) is 16.3. The van der Waals surface area contributed by atoms with Crippen LogP contribution in [0, 0.1) is 0 Å². The number of nitrogens with zero attached hydrogens (tertiary/aromatic N) is 3. The molecule has 1 aromatic carbocycles. The predicted molar refractivity (Wildman–Crippen MR) is 97.1 cm³/mol. The van der Waals surface area contributed by atoms with Gasteiger partial charge >= 0.3 is 0 Å². The Labute approximate surface area is 157 Å². The Balaban J connectivity index is 1.68. The van der Waals surface area contributed by atoms with Crippen LogP contribution in [0.4, 0.5) is 0 Å². The number of aromatic nitrogens is 3. The summed E-state index contributed by atoms with van der Waals surface area (Å²) < 4.78 is 36.3. The third-order valence-electron chi connectivity index (χ3n) is 4.71. The fourth-order valence-corrected chi connectivity index (χ4v) is 5.16. The van der Waals surface area contributed by atoms with Crippen LogP contribution in [-0.4, -0.2) is 29.8 Å². The molecule has 1 unspecified atom stereocenters. The van der Waals surface area contributed by atoms with E-state index < -0.39 is 16.1 Å². The van der Waals surface area contributed by atoms with Crippen molar-refractivity contribution in [3.8, 4) is 5.75 Å². The number of hydrogen-bond acceptors (Lipinski definition) is 5. The molecule has 0 amide bonds. The standard InChI is InChI=1S/C17H21ClN4O3S/c1-10(2)16-19-17-13(4-3-6-22(17)20-16)21-26(23,24)14-9-12(18)8-11-5-7-25-15(11)14/h8-10,13,21H,3-7H2,1-2H3. The topological polar surface area (TPSA) is 86.1 Å². The second kappa shape index (κ2) is 6.51. The van der Waals surface area contributed by atoms with E-state index in [1.54, 1.807) is 6.07 Å². The summed E-state index contributed by atoms with van der Waals surface area (Å²) in [5.41, 5.74) is 0.826. The van der Waals surface area contributed by atoms with Crippen molar-refractivity contribution < 1.29 is 13.2 Å². The van der Waals surface area contributed by atoms with E-state index in [0.717, 1.165) is 24.4 Å². The second-order valence-corrected chi connectivity index (χ2v) is 9.13. The first-order valence-corrected chi connectivity index (χ1v) is 10.6. The molecule has 0 saturated carbocycles. The van der Waals surface area contributed by atoms with Gasteiger partial charge in [-0.2, -0.15) is 5.10 Å². The number of hydrogen-bond donors (Lipinski definition) is 1. The minimum absolute atomic E-state index is 0.0956. The second-order valence-electron chi connectivity index (χ2n) is 7.01. The maximum atomic E-state index is 13.1. The van der Waals surface area contributed by atoms with Crippen LogP contribution in [0.15, 0.2) is 17.0 Å². The summed E-state index contributed by atoms with van der Waals surface area (Å²) in [7, 11) is -3.80. The van der Waals surface area contributed by atoms with Gasteiger partial charge < -0.3 is 4.74 Å². The van der Waals surface area contributed by atoms with Crippen LogP contribution in [0.5, 0.6) is 5.75 Å². The van der Waals surface area contributed by atoms with Crippen LogP contribution in [0.1, 0.15) is 55.9 Å². The van der Waals surface area contributed by atoms with Gasteiger partial charge in [-0.1, -0.05) is 25.4 Å². The van der Waals surface area contributed by atoms with E-state index in [9.17, 15) is 8.42 Å². The Morgan fingerprint density at radius 2 is 2.19 bits per heavy atom. The summed E-state index contributed by atoms with van der Waals surface area (Å²) in [5.74, 6) is 2.00. The molecule has 0 bridgehead atoms. The molecule has 26 heavy (non-hydrogen) atoms. The Bertz CT molecular complexity index is 955. The third-order valence-corrected chi connectivity index (χ3v) is 6.40. The molecule has 7 nitrogen and oxygen atoms in total. The van der Waals surface area contributed by atoms with Crippen molar-refractivity contribution in [2.45, 2.75) is 56.5 Å². The van der Waals surface area contributed by atoms with E-state index in [0.29, 0.717) is 36.0 Å². The largest absolute Gasteiger partial charge is 0.492 e. The highest BCUT2D eigenvalue weighted by molar-refractivity contribution is 7.89. The van der Waals surface area contributed by atoms with Gasteiger partial charge in [0.05, 0.1) is 12.6 Å². The lowest BCUT2D eigenvalue weighted by molar-refractivity contribution is 0.347. The van der Waals surface area contributed by atoms with E-state index in [4.69, 9.17) is 16.3 Å². The van der Waals surface area contributed by atoms with Crippen molar-refractivity contribution in [2.75, 3.05) is 6.61 Å². The molecule has 3 heterocycles. The number of halogens is 1. The van der Waals surface area contributed by atoms with Crippen molar-refractivity contribution in [3.05, 3.63) is 34.4 Å². The Kier molecular flexibility index (Phi) is 4.45. The molecule has 4 rings (SSSR count). The highest BCUT2D eigenvalue weighted by atomic mass is 35.5. The summed E-state index contributed by atoms with van der Waals surface area (Å²) in [6.07, 6.45) is 2.18. The van der Waals surface area contributed by atoms with Crippen molar-refractivity contribution in [1.82, 2.24) is 19.5 Å². The number of aryl methyl sites for hydroxylation is 1. The number of ether oxygens (including phenoxy) is 1. The number of benzene rings is 1. The van der Waals surface area contributed by atoms with Crippen LogP contribution in [0.25, 0.3) is 0 Å². The van der Waals surface area contributed by atoms with Crippen LogP contribution in [0.3, 0.4) is 0 Å². The summed E-state index contributed by atoms with van der Waals surface area (Å²) >= 11 is 6.12. The highest BCUT2D eigenvalue weighted by Crippen LogP contribution is 2.37. The lowest BCUT2D eigenvalue weighted by atomic mass is 10.1. The molecule has 0 saturated heterocycles. The van der Waals surface area contributed by atoms with Crippen LogP contribution < -0.4 is 9.46 Å². The smallest absolute Gasteiger partial charge is 0.244 e. The van der Waals surface area contributed by atoms with Gasteiger partial charge in [0.2, 0.25) is 10.0 Å². The van der Waals surface area contributed by atoms with Gasteiger partial charge in [-0.05, 0) is 25.0 Å². The van der Waals surface area contributed by atoms with Gasteiger partial charge in [-0.15, -0.1) is 0 Å². The summed E-state index contributed by atoms with van der Waals surface area (Å²) in [4.78, 5) is 4.66. The lowest BCUT2D eigenvalue weighted by Gasteiger charge is -2.23. The monoisotopic (exact) mass is 396 g/mol. The molecule has 0 radical (unpaired) electrons. The maximum absolute atomic E-state index is 13.1. The minimum atomic E-state index is -3.80. The Morgan fingerprint density at radius 3 is 2.96 bits per heavy atom. The Morgan fingerprint density at radius 1 is 1.38 bits per heavy atom. The van der Waals surface area contributed by atoms with E-state index in [1.807, 2.05) is 18.5 Å². The zero-order chi connectivity index (χ0) is 18.5. The summed E-state index contributed by atoms with van der Waals surface area (Å²) in [6.45, 7) is 5.26. The molecular formula is C17H21ClN4O3S.